The summed E-state index contributed by atoms with van der Waals surface area (Å²) in [5, 5.41) is 6.09. The molecule has 1 N–H and O–H groups in total. The molecule has 6 rings (SSSR count). The minimum absolute atomic E-state index is 0.496. The second kappa shape index (κ2) is 8.76. The maximum absolute atomic E-state index is 5.58. The minimum Gasteiger partial charge on any atom is -0.378 e. The normalized spacial score (nSPS) is 14.6. The van der Waals surface area contributed by atoms with E-state index in [0.717, 1.165) is 58.3 Å². The van der Waals surface area contributed by atoms with Crippen molar-refractivity contribution >= 4 is 28.6 Å². The topological polar surface area (TPSA) is 70.8 Å². The number of aryl methyl sites for hydroxylation is 1. The van der Waals surface area contributed by atoms with Gasteiger partial charge in [0, 0.05) is 53.6 Å². The first-order chi connectivity index (χ1) is 16.7. The average molecular weight is 451 g/mol. The first-order valence-electron chi connectivity index (χ1n) is 11.6. The quantitative estimate of drug-likeness (QED) is 0.396. The number of H-pyrrole nitrogens is 1. The van der Waals surface area contributed by atoms with Gasteiger partial charge in [-0.15, -0.1) is 0 Å². The summed E-state index contributed by atoms with van der Waals surface area (Å²) < 4.78 is 7.52. The maximum Gasteiger partial charge on any atom is 0.158 e. The van der Waals surface area contributed by atoms with Crippen LogP contribution in [0.4, 0.5) is 5.82 Å². The van der Waals surface area contributed by atoms with Crippen LogP contribution in [0.5, 0.6) is 0 Å². The van der Waals surface area contributed by atoms with Crippen molar-refractivity contribution in [3.05, 3.63) is 83.7 Å². The van der Waals surface area contributed by atoms with E-state index in [4.69, 9.17) is 19.8 Å². The molecule has 1 aliphatic heterocycles. The second-order valence-corrected chi connectivity index (χ2v) is 8.60. The number of rotatable bonds is 5. The lowest BCUT2D eigenvalue weighted by Gasteiger charge is -2.29. The molecule has 0 unspecified atom stereocenters. The van der Waals surface area contributed by atoms with Crippen LogP contribution in [0.3, 0.4) is 0 Å². The van der Waals surface area contributed by atoms with E-state index in [1.807, 2.05) is 28.9 Å². The Bertz CT molecular complexity index is 1480. The van der Waals surface area contributed by atoms with Crippen molar-refractivity contribution in [3.63, 3.8) is 0 Å². The summed E-state index contributed by atoms with van der Waals surface area (Å²) in [6.07, 6.45) is 1.93. The van der Waals surface area contributed by atoms with Gasteiger partial charge in [0.05, 0.1) is 36.7 Å². The van der Waals surface area contributed by atoms with Gasteiger partial charge in [-0.3, -0.25) is 4.99 Å². The van der Waals surface area contributed by atoms with Gasteiger partial charge in [0.15, 0.2) is 5.65 Å². The molecule has 1 aliphatic rings. The molecule has 170 valence electrons. The number of aromatic amines is 1. The molecule has 7 nitrogen and oxygen atoms in total. The first kappa shape index (κ1) is 20.6. The number of hydrogen-bond acceptors (Lipinski definition) is 5. The summed E-state index contributed by atoms with van der Waals surface area (Å²) in [5.74, 6) is 1.03. The number of hydrogen-bond donors (Lipinski definition) is 1. The monoisotopic (exact) mass is 450 g/mol. The Morgan fingerprint density at radius 1 is 1.03 bits per heavy atom. The van der Waals surface area contributed by atoms with Gasteiger partial charge in [-0.1, -0.05) is 48.5 Å². The highest BCUT2D eigenvalue weighted by Gasteiger charge is 2.18. The molecule has 5 aromatic rings. The van der Waals surface area contributed by atoms with E-state index in [1.54, 1.807) is 0 Å². The van der Waals surface area contributed by atoms with Crippen LogP contribution in [-0.4, -0.2) is 52.1 Å². The summed E-state index contributed by atoms with van der Waals surface area (Å²) in [6.45, 7) is 5.65. The number of morpholine rings is 1. The van der Waals surface area contributed by atoms with Crippen LogP contribution in [-0.2, 0) is 11.3 Å². The molecular formula is C27H26N6O. The second-order valence-electron chi connectivity index (χ2n) is 8.60. The van der Waals surface area contributed by atoms with E-state index >= 15 is 0 Å². The predicted molar refractivity (Wildman–Crippen MR) is 136 cm³/mol. The van der Waals surface area contributed by atoms with Gasteiger partial charge in [0.2, 0.25) is 0 Å². The summed E-state index contributed by atoms with van der Waals surface area (Å²) >= 11 is 0. The highest BCUT2D eigenvalue weighted by molar-refractivity contribution is 5.98. The molecule has 1 saturated heterocycles. The summed E-state index contributed by atoms with van der Waals surface area (Å²) in [7, 11) is 0. The van der Waals surface area contributed by atoms with Crippen LogP contribution in [0.25, 0.3) is 27.8 Å². The number of nitrogens with one attached hydrogen (secondary N) is 1. The fourth-order valence-electron chi connectivity index (χ4n) is 4.52. The summed E-state index contributed by atoms with van der Waals surface area (Å²) in [4.78, 5) is 15.4. The lowest BCUT2D eigenvalue weighted by molar-refractivity contribution is 0.122. The van der Waals surface area contributed by atoms with Gasteiger partial charge >= 0.3 is 0 Å². The molecule has 4 heterocycles. The Morgan fingerprint density at radius 2 is 1.88 bits per heavy atom. The molecule has 0 saturated carbocycles. The molecular weight excluding hydrogens is 424 g/mol. The van der Waals surface area contributed by atoms with E-state index < -0.39 is 0 Å². The molecule has 7 heteroatoms. The first-order valence-corrected chi connectivity index (χ1v) is 11.6. The number of anilines is 1. The van der Waals surface area contributed by atoms with E-state index in [9.17, 15) is 0 Å². The largest absolute Gasteiger partial charge is 0.378 e. The molecule has 0 bridgehead atoms. The summed E-state index contributed by atoms with van der Waals surface area (Å²) in [5.41, 5.74) is 7.08. The Hall–Kier alpha value is -3.97. The van der Waals surface area contributed by atoms with Crippen LogP contribution >= 0.6 is 0 Å². The van der Waals surface area contributed by atoms with Crippen LogP contribution in [0.1, 0.15) is 17.0 Å². The van der Waals surface area contributed by atoms with E-state index in [-0.39, 0.29) is 0 Å². The van der Waals surface area contributed by atoms with Gasteiger partial charge in [-0.2, -0.15) is 9.61 Å². The number of fused-ring (bicyclic) bond motifs is 2. The lowest BCUT2D eigenvalue weighted by atomic mass is 10.1. The molecule has 0 spiro atoms. The number of nitrogens with zero attached hydrogens (tertiary/aromatic N) is 5. The standard InChI is InChI=1S/C27H26N6O/c1-19-14-21-8-5-9-22(27(21)29-19)17-28-18-23-15-26(32-10-12-34-13-11-32)33-25(30-23)16-24(31-33)20-6-3-2-4-7-20/h2-9,14-17,29H,10-13,18H2,1H3. The average Bonchev–Trinajstić information content (AvgIpc) is 3.48. The highest BCUT2D eigenvalue weighted by Crippen LogP contribution is 2.25. The van der Waals surface area contributed by atoms with Crippen molar-refractivity contribution in [1.82, 2.24) is 19.6 Å². The molecule has 34 heavy (non-hydrogen) atoms. The van der Waals surface area contributed by atoms with Gasteiger partial charge < -0.3 is 14.6 Å². The third-order valence-corrected chi connectivity index (χ3v) is 6.17. The molecule has 0 amide bonds. The summed E-state index contributed by atoms with van der Waals surface area (Å²) in [6, 6.07) is 22.8. The van der Waals surface area contributed by atoms with Crippen molar-refractivity contribution in [2.75, 3.05) is 31.2 Å². The van der Waals surface area contributed by atoms with Gasteiger partial charge in [0.1, 0.15) is 5.82 Å². The molecule has 3 aromatic heterocycles. The van der Waals surface area contributed by atoms with Crippen molar-refractivity contribution in [2.24, 2.45) is 4.99 Å². The van der Waals surface area contributed by atoms with Crippen molar-refractivity contribution in [2.45, 2.75) is 13.5 Å². The smallest absolute Gasteiger partial charge is 0.158 e. The fourth-order valence-corrected chi connectivity index (χ4v) is 4.52. The zero-order valence-corrected chi connectivity index (χ0v) is 19.1. The van der Waals surface area contributed by atoms with Crippen molar-refractivity contribution in [1.29, 1.82) is 0 Å². The van der Waals surface area contributed by atoms with Gasteiger partial charge in [-0.05, 0) is 13.0 Å². The van der Waals surface area contributed by atoms with Gasteiger partial charge in [0.25, 0.3) is 0 Å². The number of para-hydroxylation sites is 1. The van der Waals surface area contributed by atoms with E-state index in [1.165, 1.54) is 5.39 Å². The van der Waals surface area contributed by atoms with E-state index in [0.29, 0.717) is 19.8 Å². The molecule has 0 radical (unpaired) electrons. The number of ether oxygens (including phenoxy) is 1. The van der Waals surface area contributed by atoms with E-state index in [2.05, 4.69) is 65.3 Å². The van der Waals surface area contributed by atoms with Crippen LogP contribution < -0.4 is 4.90 Å². The molecule has 0 aliphatic carbocycles. The number of benzene rings is 2. The fraction of sp³-hybridized carbons (Fsp3) is 0.222. The van der Waals surface area contributed by atoms with Crippen molar-refractivity contribution < 1.29 is 4.74 Å². The molecule has 1 fully saturated rings. The SMILES string of the molecule is Cc1cc2cccc(C=NCc3cc(N4CCOCC4)n4nc(-c5ccccc5)cc4n3)c2[nH]1. The molecule has 0 atom stereocenters. The van der Waals surface area contributed by atoms with Crippen molar-refractivity contribution in [3.8, 4) is 11.3 Å². The predicted octanol–water partition coefficient (Wildman–Crippen LogP) is 4.64. The van der Waals surface area contributed by atoms with Crippen LogP contribution in [0, 0.1) is 6.92 Å². The van der Waals surface area contributed by atoms with Crippen LogP contribution in [0.2, 0.25) is 0 Å². The zero-order chi connectivity index (χ0) is 22.9. The Morgan fingerprint density at radius 3 is 2.74 bits per heavy atom. The Kier molecular flexibility index (Phi) is 5.31. The Labute approximate surface area is 197 Å². The number of aromatic nitrogens is 4. The minimum atomic E-state index is 0.496. The third kappa shape index (κ3) is 3.95. The Balaban J connectivity index is 1.36. The lowest BCUT2D eigenvalue weighted by Crippen LogP contribution is -2.37. The number of aliphatic imine (C=N–C) groups is 1. The van der Waals surface area contributed by atoms with Crippen LogP contribution in [0.15, 0.2) is 71.7 Å². The molecule has 2 aromatic carbocycles. The van der Waals surface area contributed by atoms with Gasteiger partial charge in [-0.25, -0.2) is 4.98 Å². The highest BCUT2D eigenvalue weighted by atomic mass is 16.5. The zero-order valence-electron chi connectivity index (χ0n) is 19.1. The third-order valence-electron chi connectivity index (χ3n) is 6.17. The maximum atomic E-state index is 5.58.